The fraction of sp³-hybridized carbons (Fsp3) is 0.0455. The molecule has 122 valence electrons. The van der Waals surface area contributed by atoms with Crippen LogP contribution in [-0.2, 0) is 6.16 Å². The summed E-state index contributed by atoms with van der Waals surface area (Å²) in [6, 6.07) is 34.4. The van der Waals surface area contributed by atoms with Gasteiger partial charge < -0.3 is 4.52 Å². The van der Waals surface area contributed by atoms with E-state index in [1.54, 1.807) is 6.20 Å². The monoisotopic (exact) mass is 344 g/mol. The van der Waals surface area contributed by atoms with Crippen LogP contribution in [0.1, 0.15) is 5.76 Å². The lowest BCUT2D eigenvalue weighted by atomic mass is 10.4. The highest BCUT2D eigenvalue weighted by atomic mass is 31.2. The summed E-state index contributed by atoms with van der Waals surface area (Å²) < 4.78 is 5.53. The molecule has 0 atom stereocenters. The molecular formula is C22H19NOP+. The van der Waals surface area contributed by atoms with Crippen molar-refractivity contribution >= 4 is 23.2 Å². The molecule has 0 spiro atoms. The second-order valence-corrected chi connectivity index (χ2v) is 9.44. The van der Waals surface area contributed by atoms with Crippen LogP contribution in [0.25, 0.3) is 0 Å². The van der Waals surface area contributed by atoms with E-state index in [0.29, 0.717) is 0 Å². The zero-order valence-corrected chi connectivity index (χ0v) is 14.7. The molecule has 0 bridgehead atoms. The molecule has 0 amide bonds. The van der Waals surface area contributed by atoms with Crippen molar-refractivity contribution in [3.05, 3.63) is 109 Å². The fourth-order valence-electron chi connectivity index (χ4n) is 3.33. The molecule has 0 N–H and O–H groups in total. The zero-order chi connectivity index (χ0) is 17.0. The normalized spacial score (nSPS) is 11.4. The van der Waals surface area contributed by atoms with Gasteiger partial charge in [-0.15, -0.1) is 0 Å². The lowest BCUT2D eigenvalue weighted by molar-refractivity contribution is 0.394. The van der Waals surface area contributed by atoms with Crippen LogP contribution >= 0.6 is 7.26 Å². The largest absolute Gasteiger partial charge is 0.357 e. The highest BCUT2D eigenvalue weighted by Crippen LogP contribution is 2.58. The topological polar surface area (TPSA) is 26.0 Å². The Morgan fingerprint density at radius 3 is 1.40 bits per heavy atom. The fourth-order valence-corrected chi connectivity index (χ4v) is 7.44. The van der Waals surface area contributed by atoms with Crippen molar-refractivity contribution in [3.8, 4) is 0 Å². The highest BCUT2D eigenvalue weighted by molar-refractivity contribution is 7.95. The molecular weight excluding hydrogens is 325 g/mol. The quantitative estimate of drug-likeness (QED) is 0.508. The molecule has 0 unspecified atom stereocenters. The van der Waals surface area contributed by atoms with Crippen molar-refractivity contribution in [2.75, 3.05) is 0 Å². The van der Waals surface area contributed by atoms with Gasteiger partial charge in [0.25, 0.3) is 0 Å². The Hall–Kier alpha value is -2.70. The number of aromatic nitrogens is 1. The van der Waals surface area contributed by atoms with Crippen molar-refractivity contribution in [2.24, 2.45) is 0 Å². The number of benzene rings is 3. The number of nitrogens with zero attached hydrogens (tertiary/aromatic N) is 1. The van der Waals surface area contributed by atoms with Gasteiger partial charge >= 0.3 is 0 Å². The predicted octanol–water partition coefficient (Wildman–Crippen LogP) is 4.17. The molecule has 3 aromatic carbocycles. The van der Waals surface area contributed by atoms with E-state index >= 15 is 0 Å². The SMILES string of the molecule is c1ccc([P+](Cc2ccno2)(c2ccccc2)c2ccccc2)cc1. The maximum absolute atomic E-state index is 5.53. The minimum absolute atomic E-state index is 0.824. The standard InChI is InChI=1S/C22H19NOP/c1-4-10-20(11-5-1)25(18-19-16-17-23-24-19,21-12-6-2-7-13-21)22-14-8-3-9-15-22/h1-17H,18H2/q+1. The zero-order valence-electron chi connectivity index (χ0n) is 13.8. The Kier molecular flexibility index (Phi) is 4.45. The summed E-state index contributed by atoms with van der Waals surface area (Å²) >= 11 is 0. The summed E-state index contributed by atoms with van der Waals surface area (Å²) in [5.41, 5.74) is 0. The molecule has 3 heteroatoms. The van der Waals surface area contributed by atoms with E-state index in [1.165, 1.54) is 15.9 Å². The van der Waals surface area contributed by atoms with E-state index in [2.05, 4.69) is 96.2 Å². The van der Waals surface area contributed by atoms with Crippen LogP contribution in [-0.4, -0.2) is 5.16 Å². The van der Waals surface area contributed by atoms with Crippen molar-refractivity contribution in [3.63, 3.8) is 0 Å². The van der Waals surface area contributed by atoms with E-state index in [-0.39, 0.29) is 0 Å². The third-order valence-corrected chi connectivity index (χ3v) is 8.80. The average Bonchev–Trinajstić information content (AvgIpc) is 3.21. The molecule has 1 aromatic heterocycles. The predicted molar refractivity (Wildman–Crippen MR) is 105 cm³/mol. The van der Waals surface area contributed by atoms with E-state index < -0.39 is 7.26 Å². The Morgan fingerprint density at radius 1 is 0.600 bits per heavy atom. The third kappa shape index (κ3) is 3.01. The molecule has 4 aromatic rings. The second kappa shape index (κ2) is 7.04. The summed E-state index contributed by atoms with van der Waals surface area (Å²) in [6.07, 6.45) is 2.55. The summed E-state index contributed by atoms with van der Waals surface area (Å²) in [5, 5.41) is 7.98. The van der Waals surface area contributed by atoms with Crippen LogP contribution in [0.2, 0.25) is 0 Å². The smallest absolute Gasteiger partial charge is 0.174 e. The first kappa shape index (κ1) is 15.8. The van der Waals surface area contributed by atoms with Crippen molar-refractivity contribution in [1.29, 1.82) is 0 Å². The summed E-state index contributed by atoms with van der Waals surface area (Å²) in [6.45, 7) is 0. The lowest BCUT2D eigenvalue weighted by Gasteiger charge is -2.26. The molecule has 0 saturated heterocycles. The van der Waals surface area contributed by atoms with Gasteiger partial charge in [-0.05, 0) is 36.4 Å². The first-order valence-electron chi connectivity index (χ1n) is 8.34. The Balaban J connectivity index is 2.01. The van der Waals surface area contributed by atoms with Crippen LogP contribution in [0.5, 0.6) is 0 Å². The summed E-state index contributed by atoms with van der Waals surface area (Å²) in [7, 11) is -1.88. The first-order valence-corrected chi connectivity index (χ1v) is 10.3. The van der Waals surface area contributed by atoms with Gasteiger partial charge in [0.1, 0.15) is 29.3 Å². The van der Waals surface area contributed by atoms with Gasteiger partial charge in [0.05, 0.1) is 6.20 Å². The van der Waals surface area contributed by atoms with Gasteiger partial charge in [-0.2, -0.15) is 0 Å². The summed E-state index contributed by atoms with van der Waals surface area (Å²) in [5.74, 6) is 0.921. The van der Waals surface area contributed by atoms with Gasteiger partial charge in [0.2, 0.25) is 0 Å². The van der Waals surface area contributed by atoms with Gasteiger partial charge in [-0.1, -0.05) is 59.8 Å². The van der Waals surface area contributed by atoms with Crippen molar-refractivity contribution in [1.82, 2.24) is 5.16 Å². The van der Waals surface area contributed by atoms with Crippen LogP contribution in [0.3, 0.4) is 0 Å². The third-order valence-electron chi connectivity index (χ3n) is 4.48. The van der Waals surface area contributed by atoms with Crippen molar-refractivity contribution in [2.45, 2.75) is 6.16 Å². The molecule has 2 nitrogen and oxygen atoms in total. The van der Waals surface area contributed by atoms with Crippen molar-refractivity contribution < 1.29 is 4.52 Å². The number of rotatable bonds is 5. The maximum Gasteiger partial charge on any atom is 0.174 e. The molecule has 0 aliphatic carbocycles. The molecule has 25 heavy (non-hydrogen) atoms. The van der Waals surface area contributed by atoms with Crippen LogP contribution < -0.4 is 15.9 Å². The van der Waals surface area contributed by atoms with Crippen LogP contribution in [0.15, 0.2) is 108 Å². The van der Waals surface area contributed by atoms with Gasteiger partial charge in [0, 0.05) is 6.07 Å². The molecule has 0 fully saturated rings. The second-order valence-electron chi connectivity index (χ2n) is 5.95. The average molecular weight is 344 g/mol. The summed E-state index contributed by atoms with van der Waals surface area (Å²) in [4.78, 5) is 0. The lowest BCUT2D eigenvalue weighted by Crippen LogP contribution is -2.32. The Bertz CT molecular complexity index is 810. The van der Waals surface area contributed by atoms with Crippen LogP contribution in [0, 0.1) is 0 Å². The van der Waals surface area contributed by atoms with Gasteiger partial charge in [-0.3, -0.25) is 0 Å². The van der Waals surface area contributed by atoms with Gasteiger partial charge in [-0.25, -0.2) is 0 Å². The molecule has 1 heterocycles. The Labute approximate surface area is 148 Å². The first-order chi connectivity index (χ1) is 12.4. The van der Waals surface area contributed by atoms with E-state index in [9.17, 15) is 0 Å². The minimum Gasteiger partial charge on any atom is -0.357 e. The maximum atomic E-state index is 5.53. The Morgan fingerprint density at radius 2 is 1.04 bits per heavy atom. The van der Waals surface area contributed by atoms with Crippen LogP contribution in [0.4, 0.5) is 0 Å². The molecule has 0 saturated carbocycles. The molecule has 4 rings (SSSR count). The molecule has 0 radical (unpaired) electrons. The molecule has 0 aliphatic heterocycles. The molecule has 0 aliphatic rings. The minimum atomic E-state index is -1.88. The van der Waals surface area contributed by atoms with E-state index in [1.807, 2.05) is 6.07 Å². The number of hydrogen-bond acceptors (Lipinski definition) is 2. The highest BCUT2D eigenvalue weighted by Gasteiger charge is 2.46. The van der Waals surface area contributed by atoms with Gasteiger partial charge in [0.15, 0.2) is 5.76 Å². The van der Waals surface area contributed by atoms with E-state index in [0.717, 1.165) is 11.9 Å². The van der Waals surface area contributed by atoms with E-state index in [4.69, 9.17) is 4.52 Å². The number of hydrogen-bond donors (Lipinski definition) is 0.